The summed E-state index contributed by atoms with van der Waals surface area (Å²) in [5.41, 5.74) is 1.95. The van der Waals surface area contributed by atoms with Gasteiger partial charge in [-0.25, -0.2) is 4.98 Å². The maximum Gasteiger partial charge on any atom is 0.261 e. The number of piperazine rings is 1. The Morgan fingerprint density at radius 1 is 0.975 bits per heavy atom. The van der Waals surface area contributed by atoms with Gasteiger partial charge in [0.05, 0.1) is 33.2 Å². The number of fused-ring (bicyclic) bond motifs is 1. The van der Waals surface area contributed by atoms with Crippen LogP contribution in [0.25, 0.3) is 10.9 Å². The molecule has 12 heteroatoms. The molecule has 0 radical (unpaired) electrons. The third-order valence-electron chi connectivity index (χ3n) is 7.58. The van der Waals surface area contributed by atoms with Crippen LogP contribution in [-0.4, -0.2) is 88.3 Å². The fourth-order valence-corrected chi connectivity index (χ4v) is 5.38. The van der Waals surface area contributed by atoms with Gasteiger partial charge in [-0.2, -0.15) is 0 Å². The molecule has 1 aromatic heterocycles. The Balaban J connectivity index is 1.23. The Hall–Kier alpha value is -3.63. The van der Waals surface area contributed by atoms with Crippen LogP contribution in [0.5, 0.6) is 0 Å². The molecule has 10 nitrogen and oxygen atoms in total. The molecule has 3 aromatic rings. The van der Waals surface area contributed by atoms with Gasteiger partial charge in [0.1, 0.15) is 6.54 Å². The lowest BCUT2D eigenvalue weighted by molar-refractivity contribution is -0.147. The standard InChI is InChI=1S/C28H30Cl2N6O4/c1-18(37)35-14-20(15-35)27(39)34-9-7-33(8-10-34)21-4-6-25-22(12-21)28(40)36(17-31-25)16-26(38)32(2)13-19-3-5-23(29)24(30)11-19/h3-6,11-12,17,20H,7-10,13-16H2,1-2H3. The summed E-state index contributed by atoms with van der Waals surface area (Å²) in [7, 11) is 1.66. The van der Waals surface area contributed by atoms with Crippen LogP contribution in [0.2, 0.25) is 10.0 Å². The Kier molecular flexibility index (Phi) is 8.00. The summed E-state index contributed by atoms with van der Waals surface area (Å²) in [6.45, 7) is 5.09. The topological polar surface area (TPSA) is 99.1 Å². The highest BCUT2D eigenvalue weighted by Crippen LogP contribution is 2.24. The minimum Gasteiger partial charge on any atom is -0.368 e. The third kappa shape index (κ3) is 5.78. The summed E-state index contributed by atoms with van der Waals surface area (Å²) < 4.78 is 1.32. The molecule has 2 aromatic carbocycles. The first-order valence-corrected chi connectivity index (χ1v) is 13.8. The molecule has 2 fully saturated rings. The maximum atomic E-state index is 13.3. The van der Waals surface area contributed by atoms with Crippen LogP contribution >= 0.6 is 23.2 Å². The summed E-state index contributed by atoms with van der Waals surface area (Å²) in [5, 5.41) is 1.29. The van der Waals surface area contributed by atoms with Gasteiger partial charge in [-0.3, -0.25) is 23.7 Å². The molecule has 0 unspecified atom stereocenters. The molecule has 0 atom stereocenters. The lowest BCUT2D eigenvalue weighted by Gasteiger charge is -2.42. The summed E-state index contributed by atoms with van der Waals surface area (Å²) >= 11 is 12.1. The molecule has 2 aliphatic rings. The van der Waals surface area contributed by atoms with Crippen molar-refractivity contribution in [3.63, 3.8) is 0 Å². The van der Waals surface area contributed by atoms with E-state index in [1.807, 2.05) is 11.0 Å². The number of amides is 3. The van der Waals surface area contributed by atoms with E-state index < -0.39 is 0 Å². The SMILES string of the molecule is CC(=O)N1CC(C(=O)N2CCN(c3ccc4ncn(CC(=O)N(C)Cc5ccc(Cl)c(Cl)c5)c(=O)c4c3)CC2)C1. The van der Waals surface area contributed by atoms with Crippen LogP contribution in [0.1, 0.15) is 12.5 Å². The zero-order chi connectivity index (χ0) is 28.6. The first-order chi connectivity index (χ1) is 19.1. The smallest absolute Gasteiger partial charge is 0.261 e. The molecule has 2 aliphatic heterocycles. The fraction of sp³-hybridized carbons (Fsp3) is 0.393. The predicted molar refractivity (Wildman–Crippen MR) is 153 cm³/mol. The molecule has 3 heterocycles. The van der Waals surface area contributed by atoms with E-state index in [9.17, 15) is 19.2 Å². The largest absolute Gasteiger partial charge is 0.368 e. The number of hydrogen-bond acceptors (Lipinski definition) is 6. The number of anilines is 1. The maximum absolute atomic E-state index is 13.3. The zero-order valence-electron chi connectivity index (χ0n) is 22.3. The Morgan fingerprint density at radius 3 is 2.38 bits per heavy atom. The fourth-order valence-electron chi connectivity index (χ4n) is 5.06. The average molecular weight is 585 g/mol. The zero-order valence-corrected chi connectivity index (χ0v) is 23.9. The third-order valence-corrected chi connectivity index (χ3v) is 8.31. The van der Waals surface area contributed by atoms with Crippen molar-refractivity contribution in [3.8, 4) is 0 Å². The van der Waals surface area contributed by atoms with Gasteiger partial charge in [0.2, 0.25) is 17.7 Å². The van der Waals surface area contributed by atoms with Gasteiger partial charge in [0, 0.05) is 65.5 Å². The van der Waals surface area contributed by atoms with E-state index in [-0.39, 0.29) is 35.7 Å². The van der Waals surface area contributed by atoms with Crippen LogP contribution < -0.4 is 10.5 Å². The Labute approximate surface area is 241 Å². The molecular weight excluding hydrogens is 555 g/mol. The van der Waals surface area contributed by atoms with Gasteiger partial charge in [0.15, 0.2) is 0 Å². The molecule has 0 bridgehead atoms. The number of rotatable bonds is 6. The van der Waals surface area contributed by atoms with Crippen LogP contribution in [0.15, 0.2) is 47.5 Å². The van der Waals surface area contributed by atoms with Crippen molar-refractivity contribution in [1.82, 2.24) is 24.3 Å². The predicted octanol–water partition coefficient (Wildman–Crippen LogP) is 2.49. The molecule has 3 amide bonds. The molecule has 0 spiro atoms. The van der Waals surface area contributed by atoms with Crippen LogP contribution in [0.3, 0.4) is 0 Å². The van der Waals surface area contributed by atoms with Crippen molar-refractivity contribution in [2.24, 2.45) is 5.92 Å². The second-order valence-electron chi connectivity index (χ2n) is 10.3. The van der Waals surface area contributed by atoms with Gasteiger partial charge < -0.3 is 19.6 Å². The van der Waals surface area contributed by atoms with E-state index in [0.29, 0.717) is 66.8 Å². The number of likely N-dealkylation sites (N-methyl/N-ethyl adjacent to an activating group) is 1. The van der Waals surface area contributed by atoms with Crippen molar-refractivity contribution in [2.45, 2.75) is 20.0 Å². The minimum absolute atomic E-state index is 0.00147. The second-order valence-corrected chi connectivity index (χ2v) is 11.1. The van der Waals surface area contributed by atoms with Gasteiger partial charge in [-0.15, -0.1) is 0 Å². The van der Waals surface area contributed by atoms with Crippen molar-refractivity contribution >= 4 is 57.5 Å². The summed E-state index contributed by atoms with van der Waals surface area (Å²) in [6, 6.07) is 10.7. The van der Waals surface area contributed by atoms with E-state index in [2.05, 4.69) is 9.88 Å². The monoisotopic (exact) mass is 584 g/mol. The number of hydrogen-bond donors (Lipinski definition) is 0. The van der Waals surface area contributed by atoms with Gasteiger partial charge in [0.25, 0.3) is 5.56 Å². The number of carbonyl (C=O) groups is 3. The van der Waals surface area contributed by atoms with E-state index in [0.717, 1.165) is 11.3 Å². The number of benzene rings is 2. The molecule has 2 saturated heterocycles. The first kappa shape index (κ1) is 27.9. The summed E-state index contributed by atoms with van der Waals surface area (Å²) in [5.74, 6) is -0.273. The van der Waals surface area contributed by atoms with E-state index in [4.69, 9.17) is 23.2 Å². The molecule has 210 valence electrons. The van der Waals surface area contributed by atoms with E-state index in [1.165, 1.54) is 22.7 Å². The quantitative estimate of drug-likeness (QED) is 0.441. The Morgan fingerprint density at radius 2 is 1.70 bits per heavy atom. The van der Waals surface area contributed by atoms with Crippen LogP contribution in [-0.2, 0) is 27.5 Å². The highest BCUT2D eigenvalue weighted by molar-refractivity contribution is 6.42. The lowest BCUT2D eigenvalue weighted by Crippen LogP contribution is -2.58. The Bertz CT molecular complexity index is 1530. The number of carbonyl (C=O) groups excluding carboxylic acids is 3. The number of aromatic nitrogens is 2. The van der Waals surface area contributed by atoms with Gasteiger partial charge in [-0.1, -0.05) is 29.3 Å². The first-order valence-electron chi connectivity index (χ1n) is 13.1. The van der Waals surface area contributed by atoms with Crippen molar-refractivity contribution in [2.75, 3.05) is 51.2 Å². The summed E-state index contributed by atoms with van der Waals surface area (Å²) in [4.78, 5) is 62.0. The van der Waals surface area contributed by atoms with Crippen LogP contribution in [0.4, 0.5) is 5.69 Å². The molecule has 5 rings (SSSR count). The van der Waals surface area contributed by atoms with Crippen LogP contribution in [0, 0.1) is 5.92 Å². The highest BCUT2D eigenvalue weighted by Gasteiger charge is 2.37. The lowest BCUT2D eigenvalue weighted by atomic mass is 9.98. The normalized spacial score (nSPS) is 15.8. The molecule has 0 N–H and O–H groups in total. The molecule has 40 heavy (non-hydrogen) atoms. The number of likely N-dealkylation sites (tertiary alicyclic amines) is 1. The van der Waals surface area contributed by atoms with E-state index in [1.54, 1.807) is 42.3 Å². The van der Waals surface area contributed by atoms with E-state index >= 15 is 0 Å². The van der Waals surface area contributed by atoms with Gasteiger partial charge in [-0.05, 0) is 35.9 Å². The highest BCUT2D eigenvalue weighted by atomic mass is 35.5. The van der Waals surface area contributed by atoms with Crippen molar-refractivity contribution in [1.29, 1.82) is 0 Å². The molecular formula is C28H30Cl2N6O4. The van der Waals surface area contributed by atoms with Gasteiger partial charge >= 0.3 is 0 Å². The summed E-state index contributed by atoms with van der Waals surface area (Å²) in [6.07, 6.45) is 1.40. The number of halogens is 2. The number of nitrogens with zero attached hydrogens (tertiary/aromatic N) is 6. The van der Waals surface area contributed by atoms with Crippen molar-refractivity contribution in [3.05, 3.63) is 68.7 Å². The average Bonchev–Trinajstić information content (AvgIpc) is 2.91. The van der Waals surface area contributed by atoms with Crippen molar-refractivity contribution < 1.29 is 14.4 Å². The minimum atomic E-state index is -0.294. The molecule has 0 saturated carbocycles. The molecule has 0 aliphatic carbocycles. The second kappa shape index (κ2) is 11.5.